The van der Waals surface area contributed by atoms with Crippen LogP contribution in [0.25, 0.3) is 0 Å². The molecule has 33 heavy (non-hydrogen) atoms. The van der Waals surface area contributed by atoms with Crippen LogP contribution in [0.1, 0.15) is 52.4 Å². The number of methoxy groups -OCH3 is 1. The Morgan fingerprint density at radius 2 is 1.85 bits per heavy atom. The molecule has 2 fully saturated rings. The summed E-state index contributed by atoms with van der Waals surface area (Å²) < 4.78 is 17.1. The van der Waals surface area contributed by atoms with Gasteiger partial charge in [-0.3, -0.25) is 4.79 Å². The van der Waals surface area contributed by atoms with Gasteiger partial charge in [-0.1, -0.05) is 19.2 Å². The van der Waals surface area contributed by atoms with Crippen LogP contribution in [0.4, 0.5) is 4.79 Å². The van der Waals surface area contributed by atoms with Gasteiger partial charge in [-0.05, 0) is 75.7 Å². The second kappa shape index (κ2) is 12.3. The largest absolute Gasteiger partial charge is 0.496 e. The molecule has 0 spiro atoms. The first-order chi connectivity index (χ1) is 15.7. The van der Waals surface area contributed by atoms with E-state index in [4.69, 9.17) is 14.2 Å². The summed E-state index contributed by atoms with van der Waals surface area (Å²) in [4.78, 5) is 25.2. The van der Waals surface area contributed by atoms with Crippen LogP contribution in [-0.2, 0) is 19.0 Å². The molecule has 0 saturated heterocycles. The number of allylic oxidation sites excluding steroid dienone is 4. The van der Waals surface area contributed by atoms with Crippen LogP contribution in [0.5, 0.6) is 0 Å². The van der Waals surface area contributed by atoms with E-state index in [0.29, 0.717) is 29.9 Å². The zero-order valence-corrected chi connectivity index (χ0v) is 20.3. The number of hydrogen-bond donors (Lipinski definition) is 1. The molecule has 0 radical (unpaired) electrons. The lowest BCUT2D eigenvalue weighted by Crippen LogP contribution is -2.30. The lowest BCUT2D eigenvalue weighted by Gasteiger charge is -2.27. The minimum Gasteiger partial charge on any atom is -0.496 e. The van der Waals surface area contributed by atoms with Gasteiger partial charge in [0.1, 0.15) is 18.1 Å². The maximum Gasteiger partial charge on any atom is 0.410 e. The summed E-state index contributed by atoms with van der Waals surface area (Å²) in [5, 5.41) is 9.29. The SMILES string of the molecule is C=C\C(=C/C=C(C)/C(OC)=C(\COC(=O)N(C)C1CC1)C(=C)C)OC1CCC[C@H](C(=O)O)C1. The van der Waals surface area contributed by atoms with E-state index >= 15 is 0 Å². The smallest absolute Gasteiger partial charge is 0.410 e. The monoisotopic (exact) mass is 459 g/mol. The van der Waals surface area contributed by atoms with Crippen LogP contribution in [-0.4, -0.2) is 55.0 Å². The van der Waals surface area contributed by atoms with Crippen molar-refractivity contribution < 1.29 is 28.9 Å². The highest BCUT2D eigenvalue weighted by atomic mass is 16.6. The van der Waals surface area contributed by atoms with Gasteiger partial charge >= 0.3 is 12.1 Å². The predicted octanol–water partition coefficient (Wildman–Crippen LogP) is 5.37. The van der Waals surface area contributed by atoms with Gasteiger partial charge in [-0.15, -0.1) is 0 Å². The number of carbonyl (C=O) groups is 2. The van der Waals surface area contributed by atoms with Crippen LogP contribution in [0, 0.1) is 5.92 Å². The Morgan fingerprint density at radius 3 is 2.39 bits per heavy atom. The average molecular weight is 460 g/mol. The second-order valence-corrected chi connectivity index (χ2v) is 8.75. The molecule has 182 valence electrons. The number of carboxylic acids is 1. The van der Waals surface area contributed by atoms with Gasteiger partial charge in [0.15, 0.2) is 0 Å². The molecule has 7 heteroatoms. The van der Waals surface area contributed by atoms with E-state index in [-0.39, 0.29) is 30.8 Å². The van der Waals surface area contributed by atoms with Gasteiger partial charge in [-0.25, -0.2) is 4.79 Å². The molecule has 1 amide bonds. The zero-order valence-electron chi connectivity index (χ0n) is 20.3. The van der Waals surface area contributed by atoms with E-state index in [2.05, 4.69) is 13.2 Å². The number of nitrogens with zero attached hydrogens (tertiary/aromatic N) is 1. The summed E-state index contributed by atoms with van der Waals surface area (Å²) in [7, 11) is 3.32. The Bertz CT molecular complexity index is 849. The molecule has 2 rings (SSSR count). The summed E-state index contributed by atoms with van der Waals surface area (Å²) in [5.74, 6) is 0.00663. The Kier molecular flexibility index (Phi) is 9.82. The van der Waals surface area contributed by atoms with Crippen LogP contribution in [0.3, 0.4) is 0 Å². The molecule has 0 bridgehead atoms. The van der Waals surface area contributed by atoms with Crippen molar-refractivity contribution in [3.8, 4) is 0 Å². The van der Waals surface area contributed by atoms with Crippen LogP contribution in [0.15, 0.2) is 59.6 Å². The predicted molar refractivity (Wildman–Crippen MR) is 127 cm³/mol. The normalized spacial score (nSPS) is 22.1. The van der Waals surface area contributed by atoms with Gasteiger partial charge in [0.05, 0.1) is 19.1 Å². The molecule has 1 N–H and O–H groups in total. The van der Waals surface area contributed by atoms with Crippen molar-refractivity contribution in [2.24, 2.45) is 5.92 Å². The maximum absolute atomic E-state index is 12.3. The maximum atomic E-state index is 12.3. The molecule has 7 nitrogen and oxygen atoms in total. The van der Waals surface area contributed by atoms with Crippen molar-refractivity contribution in [1.29, 1.82) is 0 Å². The van der Waals surface area contributed by atoms with E-state index in [1.54, 1.807) is 31.2 Å². The lowest BCUT2D eigenvalue weighted by molar-refractivity contribution is -0.144. The summed E-state index contributed by atoms with van der Waals surface area (Å²) in [6, 6.07) is 0.274. The molecule has 0 heterocycles. The molecule has 0 aromatic heterocycles. The molecule has 2 aliphatic carbocycles. The molecule has 2 aliphatic rings. The highest BCUT2D eigenvalue weighted by molar-refractivity contribution is 5.70. The van der Waals surface area contributed by atoms with Gasteiger partial charge in [0.2, 0.25) is 0 Å². The molecular weight excluding hydrogens is 422 g/mol. The number of rotatable bonds is 11. The fraction of sp³-hybridized carbons (Fsp3) is 0.538. The number of amides is 1. The minimum atomic E-state index is -0.769. The van der Waals surface area contributed by atoms with Crippen molar-refractivity contribution in [2.75, 3.05) is 20.8 Å². The third kappa shape index (κ3) is 7.84. The number of hydrogen-bond acceptors (Lipinski definition) is 5. The number of carboxylic acid groups (broad SMARTS) is 1. The Labute approximate surface area is 197 Å². The van der Waals surface area contributed by atoms with E-state index in [1.165, 1.54) is 0 Å². The second-order valence-electron chi connectivity index (χ2n) is 8.75. The first-order valence-electron chi connectivity index (χ1n) is 11.4. The number of aliphatic carboxylic acids is 1. The third-order valence-corrected chi connectivity index (χ3v) is 6.05. The topological polar surface area (TPSA) is 85.3 Å². The first kappa shape index (κ1) is 26.3. The molecule has 0 aromatic rings. The molecule has 1 unspecified atom stereocenters. The van der Waals surface area contributed by atoms with Crippen molar-refractivity contribution in [3.63, 3.8) is 0 Å². The minimum absolute atomic E-state index is 0.0623. The van der Waals surface area contributed by atoms with Crippen molar-refractivity contribution >= 4 is 12.1 Å². The molecule has 2 saturated carbocycles. The van der Waals surface area contributed by atoms with Gasteiger partial charge in [0.25, 0.3) is 0 Å². The van der Waals surface area contributed by atoms with Crippen molar-refractivity contribution in [2.45, 2.75) is 64.5 Å². The van der Waals surface area contributed by atoms with E-state index in [1.807, 2.05) is 19.9 Å². The van der Waals surface area contributed by atoms with Crippen LogP contribution in [0.2, 0.25) is 0 Å². The van der Waals surface area contributed by atoms with Gasteiger partial charge in [0, 0.05) is 18.7 Å². The van der Waals surface area contributed by atoms with Crippen molar-refractivity contribution in [1.82, 2.24) is 4.90 Å². The van der Waals surface area contributed by atoms with E-state index < -0.39 is 5.97 Å². The Morgan fingerprint density at radius 1 is 1.15 bits per heavy atom. The molecule has 2 atom stereocenters. The molecule has 0 aromatic carbocycles. The van der Waals surface area contributed by atoms with Crippen LogP contribution < -0.4 is 0 Å². The third-order valence-electron chi connectivity index (χ3n) is 6.05. The van der Waals surface area contributed by atoms with E-state index in [0.717, 1.165) is 36.8 Å². The van der Waals surface area contributed by atoms with Crippen molar-refractivity contribution in [3.05, 3.63) is 59.6 Å². The Balaban J connectivity index is 2.12. The number of ether oxygens (including phenoxy) is 3. The van der Waals surface area contributed by atoms with Gasteiger partial charge in [-0.2, -0.15) is 0 Å². The molecule has 0 aliphatic heterocycles. The summed E-state index contributed by atoms with van der Waals surface area (Å²) in [5.41, 5.74) is 2.25. The quantitative estimate of drug-likeness (QED) is 0.330. The zero-order chi connectivity index (χ0) is 24.5. The highest BCUT2D eigenvalue weighted by Gasteiger charge is 2.31. The summed E-state index contributed by atoms with van der Waals surface area (Å²) in [6.07, 6.45) is 9.58. The average Bonchev–Trinajstić information content (AvgIpc) is 3.63. The fourth-order valence-corrected chi connectivity index (χ4v) is 3.86. The Hall–Kier alpha value is -2.96. The fourth-order valence-electron chi connectivity index (χ4n) is 3.86. The number of carbonyl (C=O) groups excluding carboxylic acids is 1. The lowest BCUT2D eigenvalue weighted by atomic mass is 9.87. The highest BCUT2D eigenvalue weighted by Crippen LogP contribution is 2.29. The van der Waals surface area contributed by atoms with E-state index in [9.17, 15) is 14.7 Å². The van der Waals surface area contributed by atoms with Gasteiger partial charge < -0.3 is 24.2 Å². The molecular formula is C26H37NO6. The first-order valence-corrected chi connectivity index (χ1v) is 11.4. The summed E-state index contributed by atoms with van der Waals surface area (Å²) >= 11 is 0. The standard InChI is InChI=1S/C26H37NO6/c1-7-21(33-22-10-8-9-19(15-22)25(28)29)14-11-18(4)24(31-6)23(17(2)3)16-32-26(30)27(5)20-12-13-20/h7,11,14,19-20,22H,1-2,8-10,12-13,15-16H2,3-6H3,(H,28,29)/b18-11+,21-14+,24-23-/t19-,22?/m0/s1. The summed E-state index contributed by atoms with van der Waals surface area (Å²) in [6.45, 7) is 11.6. The van der Waals surface area contributed by atoms with Crippen LogP contribution >= 0.6 is 0 Å².